The lowest BCUT2D eigenvalue weighted by atomic mass is 10.0. The molecule has 0 saturated carbocycles. The van der Waals surface area contributed by atoms with Crippen LogP contribution in [0, 0.1) is 0 Å². The van der Waals surface area contributed by atoms with Crippen molar-refractivity contribution in [3.63, 3.8) is 0 Å². The molecule has 0 fully saturated rings. The Morgan fingerprint density at radius 3 is 2.27 bits per heavy atom. The van der Waals surface area contributed by atoms with Crippen LogP contribution in [0.4, 0.5) is 0 Å². The quantitative estimate of drug-likeness (QED) is 0.297. The number of hydrogen-bond acceptors (Lipinski definition) is 7. The number of benzene rings is 3. The maximum atomic E-state index is 12.8. The topological polar surface area (TPSA) is 84.2 Å². The zero-order valence-corrected chi connectivity index (χ0v) is 18.4. The second kappa shape index (κ2) is 9.48. The van der Waals surface area contributed by atoms with Crippen molar-refractivity contribution >= 4 is 16.9 Å². The van der Waals surface area contributed by atoms with E-state index in [1.54, 1.807) is 74.9 Å². The van der Waals surface area contributed by atoms with Crippen LogP contribution in [-0.2, 0) is 11.3 Å². The van der Waals surface area contributed by atoms with Crippen molar-refractivity contribution in [3.05, 3.63) is 88.3 Å². The van der Waals surface area contributed by atoms with Gasteiger partial charge in [-0.25, -0.2) is 9.59 Å². The van der Waals surface area contributed by atoms with Gasteiger partial charge in [0.25, 0.3) is 0 Å². The predicted octanol–water partition coefficient (Wildman–Crippen LogP) is 4.84. The van der Waals surface area contributed by atoms with E-state index in [2.05, 4.69) is 0 Å². The molecule has 0 aliphatic rings. The van der Waals surface area contributed by atoms with Gasteiger partial charge >= 0.3 is 11.6 Å². The fourth-order valence-electron chi connectivity index (χ4n) is 3.42. The summed E-state index contributed by atoms with van der Waals surface area (Å²) in [6.07, 6.45) is 0. The van der Waals surface area contributed by atoms with Crippen LogP contribution in [0.2, 0.25) is 0 Å². The number of carbonyl (C=O) groups excluding carboxylic acids is 1. The van der Waals surface area contributed by atoms with Gasteiger partial charge in [-0.2, -0.15) is 0 Å². The highest BCUT2D eigenvalue weighted by Gasteiger charge is 2.14. The first-order valence-electron chi connectivity index (χ1n) is 10.1. The van der Waals surface area contributed by atoms with E-state index in [1.165, 1.54) is 7.11 Å². The van der Waals surface area contributed by atoms with Gasteiger partial charge in [0, 0.05) is 17.0 Å². The van der Waals surface area contributed by atoms with E-state index >= 15 is 0 Å². The van der Waals surface area contributed by atoms with Crippen molar-refractivity contribution in [3.8, 4) is 28.4 Å². The Morgan fingerprint density at radius 1 is 0.818 bits per heavy atom. The van der Waals surface area contributed by atoms with Crippen LogP contribution >= 0.6 is 0 Å². The number of esters is 1. The van der Waals surface area contributed by atoms with Crippen LogP contribution < -0.4 is 19.8 Å². The molecule has 7 nitrogen and oxygen atoms in total. The zero-order valence-electron chi connectivity index (χ0n) is 18.4. The van der Waals surface area contributed by atoms with Gasteiger partial charge in [-0.15, -0.1) is 0 Å². The maximum absolute atomic E-state index is 12.8. The fraction of sp³-hybridized carbons (Fsp3) is 0.154. The van der Waals surface area contributed by atoms with Crippen molar-refractivity contribution in [2.45, 2.75) is 6.61 Å². The van der Waals surface area contributed by atoms with Crippen molar-refractivity contribution < 1.29 is 28.2 Å². The van der Waals surface area contributed by atoms with E-state index in [1.807, 2.05) is 6.07 Å². The first kappa shape index (κ1) is 22.0. The highest BCUT2D eigenvalue weighted by atomic mass is 16.5. The molecule has 0 N–H and O–H groups in total. The van der Waals surface area contributed by atoms with Crippen molar-refractivity contribution in [2.75, 3.05) is 21.3 Å². The first-order chi connectivity index (χ1) is 16.0. The van der Waals surface area contributed by atoms with Gasteiger partial charge in [0.2, 0.25) is 0 Å². The summed E-state index contributed by atoms with van der Waals surface area (Å²) in [7, 11) is 4.44. The molecule has 0 aliphatic carbocycles. The van der Waals surface area contributed by atoms with Gasteiger partial charge in [0.05, 0.1) is 32.5 Å². The lowest BCUT2D eigenvalue weighted by Gasteiger charge is -2.11. The standard InChI is InChI=1S/C26H22O7/c1-29-19-10-11-23(30-2)21(13-19)22-12-18-8-9-20(14-24(18)33-26(22)28)32-15-16-4-6-17(7-5-16)25(27)31-3/h4-14H,15H2,1-3H3. The predicted molar refractivity (Wildman–Crippen MR) is 123 cm³/mol. The number of hydrogen-bond donors (Lipinski definition) is 0. The van der Waals surface area contributed by atoms with E-state index in [9.17, 15) is 9.59 Å². The third-order valence-electron chi connectivity index (χ3n) is 5.18. The van der Waals surface area contributed by atoms with Crippen LogP contribution in [0.25, 0.3) is 22.1 Å². The van der Waals surface area contributed by atoms with Crippen molar-refractivity contribution in [1.29, 1.82) is 0 Å². The Morgan fingerprint density at radius 2 is 1.58 bits per heavy atom. The summed E-state index contributed by atoms with van der Waals surface area (Å²) in [5.74, 6) is 1.31. The molecule has 0 saturated heterocycles. The molecule has 1 heterocycles. The second-order valence-electron chi connectivity index (χ2n) is 7.19. The Kier molecular flexibility index (Phi) is 6.31. The number of ether oxygens (including phenoxy) is 4. The number of methoxy groups -OCH3 is 3. The Bertz CT molecular complexity index is 1350. The highest BCUT2D eigenvalue weighted by molar-refractivity contribution is 5.89. The molecule has 0 aliphatic heterocycles. The van der Waals surface area contributed by atoms with E-state index < -0.39 is 11.6 Å². The zero-order chi connectivity index (χ0) is 23.4. The molecule has 0 atom stereocenters. The van der Waals surface area contributed by atoms with Gasteiger partial charge in [-0.3, -0.25) is 0 Å². The summed E-state index contributed by atoms with van der Waals surface area (Å²) in [6.45, 7) is 0.288. The maximum Gasteiger partial charge on any atom is 0.344 e. The summed E-state index contributed by atoms with van der Waals surface area (Å²) in [5.41, 5.74) is 2.22. The summed E-state index contributed by atoms with van der Waals surface area (Å²) in [4.78, 5) is 24.3. The van der Waals surface area contributed by atoms with Crippen LogP contribution in [-0.4, -0.2) is 27.3 Å². The van der Waals surface area contributed by atoms with Gasteiger partial charge < -0.3 is 23.4 Å². The molecule has 7 heteroatoms. The third kappa shape index (κ3) is 4.67. The number of rotatable bonds is 7. The summed E-state index contributed by atoms with van der Waals surface area (Å²) < 4.78 is 26.8. The molecule has 1 aromatic heterocycles. The molecular formula is C26H22O7. The minimum atomic E-state index is -0.496. The smallest absolute Gasteiger partial charge is 0.344 e. The minimum absolute atomic E-state index is 0.288. The molecule has 168 valence electrons. The largest absolute Gasteiger partial charge is 0.497 e. The van der Waals surface area contributed by atoms with E-state index in [0.717, 1.165) is 10.9 Å². The van der Waals surface area contributed by atoms with Crippen molar-refractivity contribution in [2.24, 2.45) is 0 Å². The van der Waals surface area contributed by atoms with Crippen molar-refractivity contribution in [1.82, 2.24) is 0 Å². The summed E-state index contributed by atoms with van der Waals surface area (Å²) >= 11 is 0. The highest BCUT2D eigenvalue weighted by Crippen LogP contribution is 2.33. The number of carbonyl (C=O) groups is 1. The van der Waals surface area contributed by atoms with Crippen LogP contribution in [0.3, 0.4) is 0 Å². The van der Waals surface area contributed by atoms with Gasteiger partial charge in [0.1, 0.15) is 29.4 Å². The van der Waals surface area contributed by atoms with Crippen LogP contribution in [0.5, 0.6) is 17.2 Å². The Labute approximate surface area is 190 Å². The molecular weight excluding hydrogens is 424 g/mol. The molecule has 4 rings (SSSR count). The van der Waals surface area contributed by atoms with E-state index in [4.69, 9.17) is 23.4 Å². The molecule has 0 amide bonds. The fourth-order valence-corrected chi connectivity index (χ4v) is 3.42. The number of fused-ring (bicyclic) bond motifs is 1. The molecule has 3 aromatic carbocycles. The average molecular weight is 446 g/mol. The van der Waals surface area contributed by atoms with Gasteiger partial charge in [0.15, 0.2) is 0 Å². The Hall–Kier alpha value is -4.26. The molecule has 4 aromatic rings. The SMILES string of the molecule is COC(=O)c1ccc(COc2ccc3cc(-c4cc(OC)ccc4OC)c(=O)oc3c2)cc1. The summed E-state index contributed by atoms with van der Waals surface area (Å²) in [6, 6.07) is 19.2. The van der Waals surface area contributed by atoms with Gasteiger partial charge in [-0.1, -0.05) is 12.1 Å². The van der Waals surface area contributed by atoms with Crippen LogP contribution in [0.15, 0.2) is 75.9 Å². The normalized spacial score (nSPS) is 10.6. The first-order valence-corrected chi connectivity index (χ1v) is 10.1. The summed E-state index contributed by atoms with van der Waals surface area (Å²) in [5, 5.41) is 0.740. The second-order valence-corrected chi connectivity index (χ2v) is 7.19. The molecule has 0 radical (unpaired) electrons. The Balaban J connectivity index is 1.58. The monoisotopic (exact) mass is 446 g/mol. The lowest BCUT2D eigenvalue weighted by molar-refractivity contribution is 0.0600. The minimum Gasteiger partial charge on any atom is -0.497 e. The molecule has 0 spiro atoms. The molecule has 0 unspecified atom stereocenters. The molecule has 0 bridgehead atoms. The van der Waals surface area contributed by atoms with E-state index in [0.29, 0.717) is 39.5 Å². The molecule has 33 heavy (non-hydrogen) atoms. The lowest BCUT2D eigenvalue weighted by Crippen LogP contribution is -2.04. The van der Waals surface area contributed by atoms with Crippen LogP contribution in [0.1, 0.15) is 15.9 Å². The third-order valence-corrected chi connectivity index (χ3v) is 5.18. The van der Waals surface area contributed by atoms with Gasteiger partial charge in [-0.05, 0) is 54.1 Å². The van der Waals surface area contributed by atoms with E-state index in [-0.39, 0.29) is 6.61 Å². The average Bonchev–Trinajstić information content (AvgIpc) is 2.86.